The summed E-state index contributed by atoms with van der Waals surface area (Å²) in [6.45, 7) is 0. The Morgan fingerprint density at radius 2 is 2.17 bits per heavy atom. The highest BCUT2D eigenvalue weighted by Crippen LogP contribution is 1.96. The van der Waals surface area contributed by atoms with E-state index < -0.39 is 18.1 Å². The highest BCUT2D eigenvalue weighted by atomic mass is 16.4. The average molecular weight is 170 g/mol. The molecule has 0 amide bonds. The zero-order valence-electron chi connectivity index (χ0n) is 5.89. The van der Waals surface area contributed by atoms with Crippen LogP contribution in [0.15, 0.2) is 17.3 Å². The van der Waals surface area contributed by atoms with E-state index in [0.717, 1.165) is 0 Å². The second-order valence-corrected chi connectivity index (χ2v) is 2.06. The SMILES string of the molecule is O=C(O)C1=NC(C(=O)O)NC=C1. The number of nitrogens with one attached hydrogen (secondary N) is 1. The van der Waals surface area contributed by atoms with Gasteiger partial charge in [-0.15, -0.1) is 0 Å². The van der Waals surface area contributed by atoms with Gasteiger partial charge in [0.05, 0.1) is 0 Å². The molecule has 1 aliphatic rings. The van der Waals surface area contributed by atoms with Gasteiger partial charge in [-0.2, -0.15) is 0 Å². The Bertz CT molecular complexity index is 281. The fraction of sp³-hybridized carbons (Fsp3) is 0.167. The fourth-order valence-electron chi connectivity index (χ4n) is 0.691. The summed E-state index contributed by atoms with van der Waals surface area (Å²) in [5, 5.41) is 19.2. The molecule has 0 saturated heterocycles. The number of hydrogen-bond acceptors (Lipinski definition) is 4. The summed E-state index contributed by atoms with van der Waals surface area (Å²) in [6.07, 6.45) is 1.25. The lowest BCUT2D eigenvalue weighted by Gasteiger charge is -2.11. The minimum Gasteiger partial charge on any atom is -0.478 e. The molecule has 0 aromatic carbocycles. The Labute approximate surface area is 67.2 Å². The van der Waals surface area contributed by atoms with Gasteiger partial charge in [-0.05, 0) is 6.08 Å². The van der Waals surface area contributed by atoms with Crippen LogP contribution >= 0.6 is 0 Å². The molecule has 1 rings (SSSR count). The van der Waals surface area contributed by atoms with E-state index in [1.165, 1.54) is 12.3 Å². The molecular formula is C6H6N2O4. The van der Waals surface area contributed by atoms with Crippen LogP contribution in [0.2, 0.25) is 0 Å². The molecule has 6 nitrogen and oxygen atoms in total. The molecule has 1 atom stereocenters. The Kier molecular flexibility index (Phi) is 2.09. The summed E-state index contributed by atoms with van der Waals surface area (Å²) in [6, 6.07) is 0. The number of aliphatic imine (C=N–C) groups is 1. The van der Waals surface area contributed by atoms with Crippen molar-refractivity contribution in [2.24, 2.45) is 4.99 Å². The van der Waals surface area contributed by atoms with Gasteiger partial charge in [0, 0.05) is 6.20 Å². The maximum Gasteiger partial charge on any atom is 0.354 e. The van der Waals surface area contributed by atoms with E-state index in [1.807, 2.05) is 0 Å². The van der Waals surface area contributed by atoms with Crippen LogP contribution in [0.3, 0.4) is 0 Å². The smallest absolute Gasteiger partial charge is 0.354 e. The van der Waals surface area contributed by atoms with E-state index in [1.54, 1.807) is 0 Å². The van der Waals surface area contributed by atoms with E-state index in [0.29, 0.717) is 0 Å². The first-order chi connectivity index (χ1) is 5.61. The van der Waals surface area contributed by atoms with Crippen molar-refractivity contribution in [1.82, 2.24) is 5.32 Å². The molecule has 0 bridgehead atoms. The van der Waals surface area contributed by atoms with Crippen molar-refractivity contribution in [3.63, 3.8) is 0 Å². The van der Waals surface area contributed by atoms with Gasteiger partial charge in [-0.25, -0.2) is 14.6 Å². The number of aliphatic carboxylic acids is 2. The van der Waals surface area contributed by atoms with Gasteiger partial charge in [0.2, 0.25) is 6.17 Å². The van der Waals surface area contributed by atoms with Gasteiger partial charge in [-0.3, -0.25) is 0 Å². The van der Waals surface area contributed by atoms with Crippen molar-refractivity contribution in [2.45, 2.75) is 6.17 Å². The zero-order chi connectivity index (χ0) is 9.14. The van der Waals surface area contributed by atoms with Crippen LogP contribution < -0.4 is 5.32 Å². The van der Waals surface area contributed by atoms with E-state index in [9.17, 15) is 9.59 Å². The molecule has 0 spiro atoms. The first-order valence-corrected chi connectivity index (χ1v) is 3.08. The van der Waals surface area contributed by atoms with Gasteiger partial charge >= 0.3 is 11.9 Å². The van der Waals surface area contributed by atoms with Crippen molar-refractivity contribution in [1.29, 1.82) is 0 Å². The molecule has 0 aliphatic carbocycles. The van der Waals surface area contributed by atoms with Crippen molar-refractivity contribution >= 4 is 17.7 Å². The quantitative estimate of drug-likeness (QED) is 0.495. The number of rotatable bonds is 2. The molecule has 64 valence electrons. The monoisotopic (exact) mass is 170 g/mol. The largest absolute Gasteiger partial charge is 0.478 e. The van der Waals surface area contributed by atoms with Crippen molar-refractivity contribution in [3.05, 3.63) is 12.3 Å². The van der Waals surface area contributed by atoms with Gasteiger partial charge in [0.25, 0.3) is 0 Å². The third-order valence-corrected chi connectivity index (χ3v) is 1.22. The summed E-state index contributed by atoms with van der Waals surface area (Å²) in [5.74, 6) is -2.45. The highest BCUT2D eigenvalue weighted by Gasteiger charge is 2.19. The second-order valence-electron chi connectivity index (χ2n) is 2.06. The van der Waals surface area contributed by atoms with Crippen molar-refractivity contribution < 1.29 is 19.8 Å². The van der Waals surface area contributed by atoms with Crippen LogP contribution in [0.1, 0.15) is 0 Å². The number of nitrogens with zero attached hydrogens (tertiary/aromatic N) is 1. The average Bonchev–Trinajstić information content (AvgIpc) is 2.04. The van der Waals surface area contributed by atoms with E-state index in [-0.39, 0.29) is 5.71 Å². The third-order valence-electron chi connectivity index (χ3n) is 1.22. The lowest BCUT2D eigenvalue weighted by molar-refractivity contribution is -0.138. The van der Waals surface area contributed by atoms with Crippen molar-refractivity contribution in [2.75, 3.05) is 0 Å². The van der Waals surface area contributed by atoms with E-state index in [4.69, 9.17) is 10.2 Å². The molecule has 0 fully saturated rings. The van der Waals surface area contributed by atoms with Crippen LogP contribution in [0.25, 0.3) is 0 Å². The molecule has 0 aromatic rings. The van der Waals surface area contributed by atoms with Gasteiger partial charge < -0.3 is 15.5 Å². The molecule has 1 aliphatic heterocycles. The number of hydrogen-bond donors (Lipinski definition) is 3. The minimum absolute atomic E-state index is 0.263. The first-order valence-electron chi connectivity index (χ1n) is 3.08. The molecule has 3 N–H and O–H groups in total. The topological polar surface area (TPSA) is 99.0 Å². The molecule has 0 radical (unpaired) electrons. The van der Waals surface area contributed by atoms with Crippen LogP contribution in [0.4, 0.5) is 0 Å². The van der Waals surface area contributed by atoms with Gasteiger partial charge in [0.1, 0.15) is 5.71 Å². The summed E-state index contributed by atoms with van der Waals surface area (Å²) < 4.78 is 0. The van der Waals surface area contributed by atoms with Gasteiger partial charge in [0.15, 0.2) is 0 Å². The summed E-state index contributed by atoms with van der Waals surface area (Å²) in [5.41, 5.74) is -0.263. The molecule has 1 heterocycles. The lowest BCUT2D eigenvalue weighted by atomic mass is 10.3. The molecule has 0 aromatic heterocycles. The zero-order valence-corrected chi connectivity index (χ0v) is 5.89. The van der Waals surface area contributed by atoms with Crippen LogP contribution in [0.5, 0.6) is 0 Å². The molecule has 0 saturated carbocycles. The number of carbonyl (C=O) groups is 2. The van der Waals surface area contributed by atoms with Crippen LogP contribution in [0, 0.1) is 0 Å². The normalized spacial score (nSPS) is 21.0. The molecule has 1 unspecified atom stereocenters. The first kappa shape index (κ1) is 8.25. The predicted octanol–water partition coefficient (Wildman–Crippen LogP) is -0.960. The molecule has 6 heteroatoms. The van der Waals surface area contributed by atoms with Crippen LogP contribution in [-0.4, -0.2) is 34.0 Å². The Hall–Kier alpha value is -1.85. The predicted molar refractivity (Wildman–Crippen MR) is 38.8 cm³/mol. The lowest BCUT2D eigenvalue weighted by Crippen LogP contribution is -2.36. The Morgan fingerprint density at radius 3 is 2.67 bits per heavy atom. The molecular weight excluding hydrogens is 164 g/mol. The van der Waals surface area contributed by atoms with Gasteiger partial charge in [-0.1, -0.05) is 0 Å². The number of carboxylic acids is 2. The Balaban J connectivity index is 2.82. The minimum atomic E-state index is -1.24. The fourth-order valence-corrected chi connectivity index (χ4v) is 0.691. The number of carboxylic acid groups (broad SMARTS) is 2. The molecule has 12 heavy (non-hydrogen) atoms. The van der Waals surface area contributed by atoms with Crippen LogP contribution in [-0.2, 0) is 9.59 Å². The van der Waals surface area contributed by atoms with E-state index >= 15 is 0 Å². The summed E-state index contributed by atoms with van der Waals surface area (Å²) >= 11 is 0. The highest BCUT2D eigenvalue weighted by molar-refractivity contribution is 6.40. The third kappa shape index (κ3) is 1.60. The van der Waals surface area contributed by atoms with E-state index in [2.05, 4.69) is 10.3 Å². The maximum atomic E-state index is 10.3. The standard InChI is InChI=1S/C6H6N2O4/c9-5(10)3-1-2-7-4(8-3)6(11)12/h1-2,4,7H,(H,9,10)(H,11,12). The second kappa shape index (κ2) is 3.04. The summed E-state index contributed by atoms with van der Waals surface area (Å²) in [7, 11) is 0. The Morgan fingerprint density at radius 1 is 1.50 bits per heavy atom. The maximum absolute atomic E-state index is 10.3. The summed E-state index contributed by atoms with van der Waals surface area (Å²) in [4.78, 5) is 24.0. The van der Waals surface area contributed by atoms with Crippen molar-refractivity contribution in [3.8, 4) is 0 Å².